The highest BCUT2D eigenvalue weighted by atomic mass is 32.2. The summed E-state index contributed by atoms with van der Waals surface area (Å²) in [5.74, 6) is 0. The van der Waals surface area contributed by atoms with Crippen LogP contribution in [0, 0.1) is 16.5 Å². The number of urea groups is 1. The van der Waals surface area contributed by atoms with Crippen LogP contribution in [0.2, 0.25) is 0 Å². The SMILES string of the molecule is N#CCn1cc(N(C2CCOCC2)S(=O)(=O)[NH+]([O-])C(=O)Nc2c3c(cc4c2CCC4)CCC3)cn1. The van der Waals surface area contributed by atoms with Crippen LogP contribution in [0.25, 0.3) is 0 Å². The number of fused-ring (bicyclic) bond motifs is 2. The van der Waals surface area contributed by atoms with Crippen LogP contribution in [0.15, 0.2) is 18.5 Å². The molecule has 2 heterocycles. The molecule has 186 valence electrons. The molecular weight excluding hydrogens is 472 g/mol. The van der Waals surface area contributed by atoms with E-state index >= 15 is 0 Å². The molecule has 11 nitrogen and oxygen atoms in total. The number of carbonyl (C=O) groups excluding carboxylic acids is 1. The molecular formula is C23H28N6O5S. The summed E-state index contributed by atoms with van der Waals surface area (Å²) in [7, 11) is -4.71. The van der Waals surface area contributed by atoms with E-state index in [-0.39, 0.29) is 12.2 Å². The molecule has 1 aliphatic heterocycles. The van der Waals surface area contributed by atoms with Crippen molar-refractivity contribution in [2.24, 2.45) is 0 Å². The number of anilines is 2. The van der Waals surface area contributed by atoms with Gasteiger partial charge in [0.2, 0.25) is 0 Å². The molecule has 35 heavy (non-hydrogen) atoms. The molecule has 1 fully saturated rings. The molecule has 1 aromatic heterocycles. The highest BCUT2D eigenvalue weighted by Gasteiger charge is 2.40. The number of quaternary nitrogens is 1. The third kappa shape index (κ3) is 4.40. The number of benzene rings is 1. The van der Waals surface area contributed by atoms with Gasteiger partial charge in [-0.05, 0) is 73.6 Å². The normalized spacial score (nSPS) is 18.5. The van der Waals surface area contributed by atoms with E-state index in [2.05, 4.69) is 16.5 Å². The summed E-state index contributed by atoms with van der Waals surface area (Å²) in [6, 6.07) is 2.43. The second-order valence-corrected chi connectivity index (χ2v) is 10.9. The number of hydrogen-bond donors (Lipinski definition) is 2. The zero-order valence-electron chi connectivity index (χ0n) is 19.3. The Hall–Kier alpha value is -2.98. The number of amides is 2. The van der Waals surface area contributed by atoms with Crippen molar-refractivity contribution < 1.29 is 22.4 Å². The van der Waals surface area contributed by atoms with Crippen molar-refractivity contribution in [3.63, 3.8) is 0 Å². The first-order chi connectivity index (χ1) is 16.9. The number of rotatable bonds is 6. The van der Waals surface area contributed by atoms with Crippen molar-refractivity contribution in [1.29, 1.82) is 5.26 Å². The Morgan fingerprint density at radius 2 is 1.89 bits per heavy atom. The van der Waals surface area contributed by atoms with Gasteiger partial charge in [-0.25, -0.2) is 9.10 Å². The van der Waals surface area contributed by atoms with Gasteiger partial charge < -0.3 is 9.94 Å². The number of aryl methyl sites for hydroxylation is 2. The molecule has 1 saturated heterocycles. The number of hydrogen-bond acceptors (Lipinski definition) is 7. The first kappa shape index (κ1) is 23.7. The summed E-state index contributed by atoms with van der Waals surface area (Å²) in [6.07, 6.45) is 8.81. The molecule has 1 atom stereocenters. The van der Waals surface area contributed by atoms with E-state index in [9.17, 15) is 18.4 Å². The van der Waals surface area contributed by atoms with Crippen LogP contribution < -0.4 is 14.1 Å². The van der Waals surface area contributed by atoms with E-state index in [0.29, 0.717) is 31.7 Å². The van der Waals surface area contributed by atoms with Gasteiger partial charge in [-0.2, -0.15) is 23.2 Å². The minimum atomic E-state index is -4.71. The van der Waals surface area contributed by atoms with Crippen LogP contribution in [-0.4, -0.2) is 43.5 Å². The Kier molecular flexibility index (Phi) is 6.50. The standard InChI is InChI=1S/C23H28N6O5S/c24-9-10-27-15-19(14-25-27)28(18-7-11-34-12-8-18)35(32,33)29(31)23(30)26-22-20-5-1-3-16(20)13-17-4-2-6-21(17)22/h13-15,18,29H,1-8,10-12H2,(H,26,30). The fourth-order valence-corrected chi connectivity index (χ4v) is 6.87. The minimum absolute atomic E-state index is 0.0691. The molecule has 1 unspecified atom stereocenters. The summed E-state index contributed by atoms with van der Waals surface area (Å²) in [5.41, 5.74) is 5.15. The Morgan fingerprint density at radius 1 is 1.23 bits per heavy atom. The fraction of sp³-hybridized carbons (Fsp3) is 0.522. The molecule has 0 bridgehead atoms. The summed E-state index contributed by atoms with van der Waals surface area (Å²) in [5, 5.41) is 28.9. The third-order valence-electron chi connectivity index (χ3n) is 7.02. The Bertz CT molecular complexity index is 1250. The lowest BCUT2D eigenvalue weighted by atomic mass is 9.99. The molecule has 3 aliphatic rings. The number of carbonyl (C=O) groups is 1. The summed E-state index contributed by atoms with van der Waals surface area (Å²) >= 11 is 0. The Labute approximate surface area is 204 Å². The molecule has 0 radical (unpaired) electrons. The summed E-state index contributed by atoms with van der Waals surface area (Å²) in [4.78, 5) is 13.1. The highest BCUT2D eigenvalue weighted by molar-refractivity contribution is 7.86. The van der Waals surface area contributed by atoms with Crippen LogP contribution >= 0.6 is 0 Å². The predicted molar refractivity (Wildman–Crippen MR) is 127 cm³/mol. The van der Waals surface area contributed by atoms with E-state index in [1.807, 2.05) is 6.07 Å². The summed E-state index contributed by atoms with van der Waals surface area (Å²) in [6.45, 7) is 0.609. The van der Waals surface area contributed by atoms with Crippen LogP contribution in [0.3, 0.4) is 0 Å². The first-order valence-electron chi connectivity index (χ1n) is 11.9. The van der Waals surface area contributed by atoms with Gasteiger partial charge in [0.05, 0.1) is 35.9 Å². The van der Waals surface area contributed by atoms with Gasteiger partial charge in [0.15, 0.2) is 0 Å². The topological polar surface area (TPSA) is 145 Å². The number of nitriles is 1. The summed E-state index contributed by atoms with van der Waals surface area (Å²) < 4.78 is 33.3. The average molecular weight is 501 g/mol. The van der Waals surface area contributed by atoms with Crippen molar-refractivity contribution in [2.45, 2.75) is 64.0 Å². The van der Waals surface area contributed by atoms with Gasteiger partial charge in [0, 0.05) is 13.2 Å². The second-order valence-electron chi connectivity index (χ2n) is 9.17. The third-order valence-corrected chi connectivity index (χ3v) is 8.70. The van der Waals surface area contributed by atoms with Gasteiger partial charge in [-0.1, -0.05) is 6.07 Å². The minimum Gasteiger partial charge on any atom is -0.608 e. The quantitative estimate of drug-likeness (QED) is 0.568. The maximum absolute atomic E-state index is 13.6. The first-order valence-corrected chi connectivity index (χ1v) is 13.4. The zero-order chi connectivity index (χ0) is 24.6. The molecule has 5 rings (SSSR count). The van der Waals surface area contributed by atoms with Crippen molar-refractivity contribution in [1.82, 2.24) is 9.78 Å². The number of nitrogens with one attached hydrogen (secondary N) is 2. The Balaban J connectivity index is 1.45. The van der Waals surface area contributed by atoms with Crippen molar-refractivity contribution >= 4 is 27.6 Å². The molecule has 2 aliphatic carbocycles. The van der Waals surface area contributed by atoms with Gasteiger partial charge in [0.1, 0.15) is 6.54 Å². The maximum Gasteiger partial charge on any atom is 0.436 e. The average Bonchev–Trinajstić information content (AvgIpc) is 3.60. The number of ether oxygens (including phenoxy) is 1. The number of nitrogens with zero attached hydrogens (tertiary/aromatic N) is 4. The van der Waals surface area contributed by atoms with Crippen molar-refractivity contribution in [3.05, 3.63) is 45.9 Å². The van der Waals surface area contributed by atoms with Crippen LogP contribution in [0.4, 0.5) is 16.2 Å². The van der Waals surface area contributed by atoms with Crippen LogP contribution in [0.1, 0.15) is 47.9 Å². The number of hydroxylamine groups is 1. The second kappa shape index (κ2) is 9.58. The van der Waals surface area contributed by atoms with E-state index in [0.717, 1.165) is 54.0 Å². The molecule has 2 aromatic rings. The lowest BCUT2D eigenvalue weighted by Gasteiger charge is -2.35. The molecule has 12 heteroatoms. The predicted octanol–water partition coefficient (Wildman–Crippen LogP) is 1.23. The maximum atomic E-state index is 13.6. The molecule has 1 aromatic carbocycles. The van der Waals surface area contributed by atoms with Crippen molar-refractivity contribution in [2.75, 3.05) is 22.8 Å². The van der Waals surface area contributed by atoms with Gasteiger partial charge in [0.25, 0.3) is 0 Å². The van der Waals surface area contributed by atoms with Gasteiger partial charge >= 0.3 is 16.2 Å². The van der Waals surface area contributed by atoms with Crippen molar-refractivity contribution in [3.8, 4) is 6.07 Å². The molecule has 2 N–H and O–H groups in total. The Morgan fingerprint density at radius 3 is 2.51 bits per heavy atom. The largest absolute Gasteiger partial charge is 0.608 e. The van der Waals surface area contributed by atoms with E-state index in [1.54, 1.807) is 0 Å². The van der Waals surface area contributed by atoms with E-state index < -0.39 is 26.8 Å². The van der Waals surface area contributed by atoms with E-state index in [1.165, 1.54) is 28.2 Å². The fourth-order valence-electron chi connectivity index (χ4n) is 5.43. The van der Waals surface area contributed by atoms with Crippen LogP contribution in [-0.2, 0) is 47.2 Å². The highest BCUT2D eigenvalue weighted by Crippen LogP contribution is 2.38. The van der Waals surface area contributed by atoms with Gasteiger partial charge in [-0.3, -0.25) is 10.00 Å². The lowest BCUT2D eigenvalue weighted by molar-refractivity contribution is -0.604. The smallest absolute Gasteiger partial charge is 0.436 e. The zero-order valence-corrected chi connectivity index (χ0v) is 20.1. The monoisotopic (exact) mass is 500 g/mol. The molecule has 0 spiro atoms. The lowest BCUT2D eigenvalue weighted by Crippen LogP contribution is -3.14. The molecule has 0 saturated carbocycles. The molecule has 2 amide bonds. The van der Waals surface area contributed by atoms with E-state index in [4.69, 9.17) is 10.00 Å². The number of aromatic nitrogens is 2. The van der Waals surface area contributed by atoms with Crippen LogP contribution in [0.5, 0.6) is 0 Å². The van der Waals surface area contributed by atoms with Gasteiger partial charge in [-0.15, -0.1) is 0 Å².